The van der Waals surface area contributed by atoms with E-state index >= 15 is 0 Å². The summed E-state index contributed by atoms with van der Waals surface area (Å²) in [7, 11) is 0. The standard InChI is InChI=1S/C15H17FN4O3/c1-9-8-11(5-6-12(9)16)19-15(22)14(21)17-7-3-4-13-18-10(2)20-23-13/h5-6,8H,3-4,7H2,1-2H3,(H,17,21)(H,19,22). The van der Waals surface area contributed by atoms with Crippen molar-refractivity contribution in [3.05, 3.63) is 41.3 Å². The van der Waals surface area contributed by atoms with Gasteiger partial charge in [-0.15, -0.1) is 0 Å². The van der Waals surface area contributed by atoms with Crippen LogP contribution in [-0.4, -0.2) is 28.5 Å². The number of anilines is 1. The fourth-order valence-corrected chi connectivity index (χ4v) is 1.87. The monoisotopic (exact) mass is 320 g/mol. The molecule has 1 aromatic carbocycles. The summed E-state index contributed by atoms with van der Waals surface area (Å²) in [6.45, 7) is 3.59. The molecule has 7 nitrogen and oxygen atoms in total. The molecule has 0 spiro atoms. The van der Waals surface area contributed by atoms with Crippen molar-refractivity contribution in [1.82, 2.24) is 15.5 Å². The molecule has 2 amide bonds. The fourth-order valence-electron chi connectivity index (χ4n) is 1.87. The second-order valence-electron chi connectivity index (χ2n) is 5.01. The van der Waals surface area contributed by atoms with Gasteiger partial charge in [-0.05, 0) is 44.0 Å². The highest BCUT2D eigenvalue weighted by molar-refractivity contribution is 6.39. The Kier molecular flexibility index (Phi) is 5.40. The number of aromatic nitrogens is 2. The van der Waals surface area contributed by atoms with Crippen molar-refractivity contribution in [3.63, 3.8) is 0 Å². The van der Waals surface area contributed by atoms with E-state index < -0.39 is 11.8 Å². The molecule has 2 rings (SSSR count). The molecule has 1 aromatic heterocycles. The van der Waals surface area contributed by atoms with E-state index in [-0.39, 0.29) is 5.82 Å². The molecule has 0 saturated carbocycles. The lowest BCUT2D eigenvalue weighted by atomic mass is 10.2. The van der Waals surface area contributed by atoms with Crippen LogP contribution in [0, 0.1) is 19.7 Å². The maximum atomic E-state index is 13.1. The van der Waals surface area contributed by atoms with Crippen LogP contribution in [0.15, 0.2) is 22.7 Å². The highest BCUT2D eigenvalue weighted by Crippen LogP contribution is 2.13. The summed E-state index contributed by atoms with van der Waals surface area (Å²) in [5.74, 6) is -0.886. The maximum Gasteiger partial charge on any atom is 0.313 e. The van der Waals surface area contributed by atoms with Gasteiger partial charge >= 0.3 is 11.8 Å². The molecule has 0 radical (unpaired) electrons. The van der Waals surface area contributed by atoms with Crippen molar-refractivity contribution < 1.29 is 18.5 Å². The number of rotatable bonds is 5. The number of amides is 2. The minimum Gasteiger partial charge on any atom is -0.348 e. The van der Waals surface area contributed by atoms with Crippen LogP contribution in [0.2, 0.25) is 0 Å². The first-order valence-electron chi connectivity index (χ1n) is 7.10. The minimum atomic E-state index is -0.801. The molecule has 122 valence electrons. The lowest BCUT2D eigenvalue weighted by Gasteiger charge is -2.07. The number of hydrogen-bond donors (Lipinski definition) is 2. The zero-order valence-corrected chi connectivity index (χ0v) is 12.9. The quantitative estimate of drug-likeness (QED) is 0.643. The predicted molar refractivity (Wildman–Crippen MR) is 80.1 cm³/mol. The van der Waals surface area contributed by atoms with Crippen LogP contribution >= 0.6 is 0 Å². The summed E-state index contributed by atoms with van der Waals surface area (Å²) in [6, 6.07) is 4.08. The zero-order valence-electron chi connectivity index (χ0n) is 12.9. The molecule has 0 fully saturated rings. The van der Waals surface area contributed by atoms with Crippen molar-refractivity contribution in [3.8, 4) is 0 Å². The molecular weight excluding hydrogens is 303 g/mol. The first-order valence-corrected chi connectivity index (χ1v) is 7.10. The molecule has 0 aliphatic heterocycles. The Morgan fingerprint density at radius 1 is 1.26 bits per heavy atom. The van der Waals surface area contributed by atoms with E-state index in [1.807, 2.05) is 0 Å². The second-order valence-corrected chi connectivity index (χ2v) is 5.01. The van der Waals surface area contributed by atoms with Gasteiger partial charge in [0.25, 0.3) is 0 Å². The van der Waals surface area contributed by atoms with Crippen LogP contribution in [-0.2, 0) is 16.0 Å². The van der Waals surface area contributed by atoms with E-state index in [0.717, 1.165) is 0 Å². The van der Waals surface area contributed by atoms with Crippen LogP contribution in [0.3, 0.4) is 0 Å². The van der Waals surface area contributed by atoms with Crippen LogP contribution in [0.25, 0.3) is 0 Å². The molecule has 8 heteroatoms. The number of halogens is 1. The first-order chi connectivity index (χ1) is 11.0. The average molecular weight is 320 g/mol. The van der Waals surface area contributed by atoms with Gasteiger partial charge < -0.3 is 15.2 Å². The molecule has 0 unspecified atom stereocenters. The Morgan fingerprint density at radius 3 is 2.70 bits per heavy atom. The lowest BCUT2D eigenvalue weighted by Crippen LogP contribution is -2.36. The molecule has 0 aliphatic carbocycles. The maximum absolute atomic E-state index is 13.1. The summed E-state index contributed by atoms with van der Waals surface area (Å²) < 4.78 is 18.1. The molecular formula is C15H17FN4O3. The van der Waals surface area contributed by atoms with E-state index in [1.54, 1.807) is 13.8 Å². The SMILES string of the molecule is Cc1noc(CCCNC(=O)C(=O)Nc2ccc(F)c(C)c2)n1. The van der Waals surface area contributed by atoms with Crippen LogP contribution in [0.4, 0.5) is 10.1 Å². The number of nitrogens with one attached hydrogen (secondary N) is 2. The fraction of sp³-hybridized carbons (Fsp3) is 0.333. The number of aryl methyl sites for hydroxylation is 3. The summed E-state index contributed by atoms with van der Waals surface area (Å²) >= 11 is 0. The summed E-state index contributed by atoms with van der Waals surface area (Å²) in [5, 5.41) is 8.56. The van der Waals surface area contributed by atoms with Gasteiger partial charge in [0.1, 0.15) is 5.82 Å². The van der Waals surface area contributed by atoms with Crippen LogP contribution in [0.1, 0.15) is 23.7 Å². The molecule has 2 aromatic rings. The van der Waals surface area contributed by atoms with Crippen molar-refractivity contribution in [2.75, 3.05) is 11.9 Å². The van der Waals surface area contributed by atoms with Crippen molar-refractivity contribution in [1.29, 1.82) is 0 Å². The molecule has 0 aliphatic rings. The lowest BCUT2D eigenvalue weighted by molar-refractivity contribution is -0.136. The zero-order chi connectivity index (χ0) is 16.8. The summed E-state index contributed by atoms with van der Waals surface area (Å²) in [4.78, 5) is 27.4. The van der Waals surface area contributed by atoms with Gasteiger partial charge in [-0.25, -0.2) is 4.39 Å². The number of carbonyl (C=O) groups excluding carboxylic acids is 2. The molecule has 2 N–H and O–H groups in total. The van der Waals surface area contributed by atoms with E-state index in [9.17, 15) is 14.0 Å². The highest BCUT2D eigenvalue weighted by Gasteiger charge is 2.13. The van der Waals surface area contributed by atoms with Gasteiger partial charge in [0.15, 0.2) is 5.82 Å². The van der Waals surface area contributed by atoms with E-state index in [1.165, 1.54) is 18.2 Å². The van der Waals surface area contributed by atoms with Crippen molar-refractivity contribution in [2.24, 2.45) is 0 Å². The molecule has 0 atom stereocenters. The van der Waals surface area contributed by atoms with E-state index in [4.69, 9.17) is 4.52 Å². The molecule has 0 bridgehead atoms. The number of nitrogens with zero attached hydrogens (tertiary/aromatic N) is 2. The normalized spacial score (nSPS) is 10.4. The number of hydrogen-bond acceptors (Lipinski definition) is 5. The van der Waals surface area contributed by atoms with Crippen LogP contribution in [0.5, 0.6) is 0 Å². The smallest absolute Gasteiger partial charge is 0.313 e. The third-order valence-corrected chi connectivity index (χ3v) is 3.04. The van der Waals surface area contributed by atoms with Gasteiger partial charge in [0.05, 0.1) is 0 Å². The van der Waals surface area contributed by atoms with Gasteiger partial charge in [0, 0.05) is 18.7 Å². The van der Waals surface area contributed by atoms with Gasteiger partial charge in [-0.2, -0.15) is 4.98 Å². The topological polar surface area (TPSA) is 97.1 Å². The van der Waals surface area contributed by atoms with E-state index in [0.29, 0.717) is 42.4 Å². The minimum absolute atomic E-state index is 0.302. The number of carbonyl (C=O) groups is 2. The summed E-state index contributed by atoms with van der Waals surface area (Å²) in [5.41, 5.74) is 0.753. The van der Waals surface area contributed by atoms with Gasteiger partial charge in [-0.1, -0.05) is 5.16 Å². The number of benzene rings is 1. The Morgan fingerprint density at radius 2 is 2.04 bits per heavy atom. The average Bonchev–Trinajstić information content (AvgIpc) is 2.92. The highest BCUT2D eigenvalue weighted by atomic mass is 19.1. The molecule has 1 heterocycles. The second kappa shape index (κ2) is 7.48. The van der Waals surface area contributed by atoms with Gasteiger partial charge in [0.2, 0.25) is 5.89 Å². The Hall–Kier alpha value is -2.77. The van der Waals surface area contributed by atoms with Crippen LogP contribution < -0.4 is 10.6 Å². The molecule has 0 saturated heterocycles. The molecule has 23 heavy (non-hydrogen) atoms. The van der Waals surface area contributed by atoms with E-state index in [2.05, 4.69) is 20.8 Å². The Balaban J connectivity index is 1.74. The third kappa shape index (κ3) is 4.87. The predicted octanol–water partition coefficient (Wildman–Crippen LogP) is 1.51. The van der Waals surface area contributed by atoms with Crippen molar-refractivity contribution in [2.45, 2.75) is 26.7 Å². The Labute approximate surface area is 132 Å². The largest absolute Gasteiger partial charge is 0.348 e. The van der Waals surface area contributed by atoms with Crippen molar-refractivity contribution >= 4 is 17.5 Å². The van der Waals surface area contributed by atoms with Gasteiger partial charge in [-0.3, -0.25) is 9.59 Å². The summed E-state index contributed by atoms with van der Waals surface area (Å²) in [6.07, 6.45) is 1.08. The third-order valence-electron chi connectivity index (χ3n) is 3.04. The first kappa shape index (κ1) is 16.6. The Bertz CT molecular complexity index is 714.